The Labute approximate surface area is 174 Å². The van der Waals surface area contributed by atoms with E-state index in [1.165, 1.54) is 51.4 Å². The van der Waals surface area contributed by atoms with Gasteiger partial charge in [-0.3, -0.25) is 9.59 Å². The van der Waals surface area contributed by atoms with Crippen LogP contribution >= 0.6 is 0 Å². The van der Waals surface area contributed by atoms with Crippen molar-refractivity contribution < 1.29 is 9.59 Å². The Balaban J connectivity index is 2.44. The number of amides is 2. The van der Waals surface area contributed by atoms with Crippen LogP contribution in [0.15, 0.2) is 0 Å². The minimum absolute atomic E-state index is 0.0580. The number of hydrogen-bond acceptors (Lipinski definition) is 2. The van der Waals surface area contributed by atoms with Crippen LogP contribution in [0.2, 0.25) is 0 Å². The molecule has 0 spiro atoms. The number of hydrogen-bond donors (Lipinski definition) is 2. The Kier molecular flexibility index (Phi) is 13.3. The van der Waals surface area contributed by atoms with Gasteiger partial charge in [0.15, 0.2) is 0 Å². The van der Waals surface area contributed by atoms with E-state index in [1.54, 1.807) is 0 Å². The zero-order chi connectivity index (χ0) is 20.8. The van der Waals surface area contributed by atoms with Gasteiger partial charge in [0.05, 0.1) is 6.54 Å². The van der Waals surface area contributed by atoms with E-state index in [1.807, 2.05) is 0 Å². The molecule has 1 saturated carbocycles. The highest BCUT2D eigenvalue weighted by atomic mass is 16.2. The van der Waals surface area contributed by atoms with Gasteiger partial charge in [-0.25, -0.2) is 0 Å². The first kappa shape index (κ1) is 25.0. The summed E-state index contributed by atoms with van der Waals surface area (Å²) >= 11 is 0. The molecule has 0 unspecified atom stereocenters. The molecule has 4 nitrogen and oxygen atoms in total. The lowest BCUT2D eigenvalue weighted by Crippen LogP contribution is -2.45. The van der Waals surface area contributed by atoms with Crippen LogP contribution in [0.5, 0.6) is 0 Å². The van der Waals surface area contributed by atoms with Crippen molar-refractivity contribution in [2.24, 2.45) is 17.8 Å². The summed E-state index contributed by atoms with van der Waals surface area (Å²) in [4.78, 5) is 25.0. The molecule has 4 heteroatoms. The maximum Gasteiger partial charge on any atom is 0.239 e. The van der Waals surface area contributed by atoms with Crippen LogP contribution in [0.25, 0.3) is 0 Å². The predicted molar refractivity (Wildman–Crippen MR) is 118 cm³/mol. The summed E-state index contributed by atoms with van der Waals surface area (Å²) in [6.45, 7) is 8.73. The number of rotatable bonds is 7. The Morgan fingerprint density at radius 3 is 1.68 bits per heavy atom. The molecule has 0 bridgehead atoms. The summed E-state index contributed by atoms with van der Waals surface area (Å²) in [6, 6.07) is 0.176. The van der Waals surface area contributed by atoms with Gasteiger partial charge < -0.3 is 10.6 Å². The first-order valence-corrected chi connectivity index (χ1v) is 12.0. The van der Waals surface area contributed by atoms with Crippen LogP contribution in [0.1, 0.15) is 111 Å². The van der Waals surface area contributed by atoms with Gasteiger partial charge >= 0.3 is 0 Å². The summed E-state index contributed by atoms with van der Waals surface area (Å²) in [6.07, 6.45) is 15.6. The molecule has 0 aromatic rings. The first-order valence-electron chi connectivity index (χ1n) is 12.0. The topological polar surface area (TPSA) is 58.2 Å². The van der Waals surface area contributed by atoms with Crippen molar-refractivity contribution in [3.8, 4) is 0 Å². The van der Waals surface area contributed by atoms with Crippen LogP contribution in [0.3, 0.4) is 0 Å². The Morgan fingerprint density at radius 1 is 0.786 bits per heavy atom. The summed E-state index contributed by atoms with van der Waals surface area (Å²) < 4.78 is 0. The van der Waals surface area contributed by atoms with Crippen molar-refractivity contribution in [3.63, 3.8) is 0 Å². The Morgan fingerprint density at radius 2 is 1.25 bits per heavy atom. The standard InChI is InChI=1S/C24H46N2O2/c1-19(2)17-22(20(3)4)26-23(27)18-25-24(28)21-15-13-11-9-7-5-6-8-10-12-14-16-21/h19-22H,5-18H2,1-4H3,(H,25,28)(H,26,27)/t22-/m0/s1. The van der Waals surface area contributed by atoms with Gasteiger partial charge in [0.25, 0.3) is 0 Å². The second-order valence-corrected chi connectivity index (χ2v) is 9.58. The highest BCUT2D eigenvalue weighted by Crippen LogP contribution is 2.21. The van der Waals surface area contributed by atoms with Gasteiger partial charge in [-0.1, -0.05) is 91.9 Å². The Hall–Kier alpha value is -1.06. The van der Waals surface area contributed by atoms with Gasteiger partial charge in [0, 0.05) is 12.0 Å². The third kappa shape index (κ3) is 11.7. The molecular formula is C24H46N2O2. The fourth-order valence-corrected chi connectivity index (χ4v) is 4.18. The average Bonchev–Trinajstić information content (AvgIpc) is 2.66. The van der Waals surface area contributed by atoms with E-state index in [0.717, 1.165) is 32.1 Å². The maximum absolute atomic E-state index is 12.7. The third-order valence-electron chi connectivity index (χ3n) is 6.03. The van der Waals surface area contributed by atoms with Crippen LogP contribution in [0.4, 0.5) is 0 Å². The largest absolute Gasteiger partial charge is 0.352 e. The molecule has 0 heterocycles. The molecule has 0 radical (unpaired) electrons. The number of carbonyl (C=O) groups is 2. The summed E-state index contributed by atoms with van der Waals surface area (Å²) in [5, 5.41) is 6.04. The predicted octanol–water partition coefficient (Wildman–Crippen LogP) is 5.60. The van der Waals surface area contributed by atoms with Crippen molar-refractivity contribution in [1.29, 1.82) is 0 Å². The second-order valence-electron chi connectivity index (χ2n) is 9.58. The molecule has 1 aliphatic carbocycles. The lowest BCUT2D eigenvalue weighted by Gasteiger charge is -2.24. The van der Waals surface area contributed by atoms with Gasteiger partial charge in [0.2, 0.25) is 11.8 Å². The zero-order valence-corrected chi connectivity index (χ0v) is 19.0. The lowest BCUT2D eigenvalue weighted by atomic mass is 9.93. The first-order chi connectivity index (χ1) is 13.4. The van der Waals surface area contributed by atoms with E-state index < -0.39 is 0 Å². The van der Waals surface area contributed by atoms with Gasteiger partial charge in [-0.15, -0.1) is 0 Å². The van der Waals surface area contributed by atoms with E-state index in [-0.39, 0.29) is 30.3 Å². The number of carbonyl (C=O) groups excluding carboxylic acids is 2. The van der Waals surface area contributed by atoms with E-state index in [0.29, 0.717) is 11.8 Å². The second kappa shape index (κ2) is 14.9. The van der Waals surface area contributed by atoms with Gasteiger partial charge in [-0.05, 0) is 31.1 Å². The van der Waals surface area contributed by atoms with Crippen molar-refractivity contribution in [2.45, 2.75) is 117 Å². The molecule has 1 aliphatic rings. The van der Waals surface area contributed by atoms with Gasteiger partial charge in [-0.2, -0.15) is 0 Å². The molecule has 1 rings (SSSR count). The average molecular weight is 395 g/mol. The minimum Gasteiger partial charge on any atom is -0.352 e. The SMILES string of the molecule is CC(C)C[C@H](NC(=O)CNC(=O)C1CCCCCCCCCCCC1)C(C)C. The van der Waals surface area contributed by atoms with Crippen LogP contribution < -0.4 is 10.6 Å². The lowest BCUT2D eigenvalue weighted by molar-refractivity contribution is -0.129. The molecule has 2 amide bonds. The molecule has 0 aromatic heterocycles. The summed E-state index contributed by atoms with van der Waals surface area (Å²) in [5.74, 6) is 1.04. The van der Waals surface area contributed by atoms with E-state index >= 15 is 0 Å². The number of nitrogens with one attached hydrogen (secondary N) is 2. The molecule has 1 fully saturated rings. The molecule has 1 atom stereocenters. The summed E-state index contributed by atoms with van der Waals surface area (Å²) in [5.41, 5.74) is 0. The fourth-order valence-electron chi connectivity index (χ4n) is 4.18. The molecular weight excluding hydrogens is 348 g/mol. The minimum atomic E-state index is -0.0580. The third-order valence-corrected chi connectivity index (χ3v) is 6.03. The zero-order valence-electron chi connectivity index (χ0n) is 19.0. The van der Waals surface area contributed by atoms with E-state index in [9.17, 15) is 9.59 Å². The fraction of sp³-hybridized carbons (Fsp3) is 0.917. The normalized spacial score (nSPS) is 19.4. The monoisotopic (exact) mass is 394 g/mol. The Bertz CT molecular complexity index is 420. The molecule has 0 aliphatic heterocycles. The highest BCUT2D eigenvalue weighted by molar-refractivity contribution is 5.85. The quantitative estimate of drug-likeness (QED) is 0.590. The van der Waals surface area contributed by atoms with Crippen LogP contribution in [0, 0.1) is 17.8 Å². The van der Waals surface area contributed by atoms with Gasteiger partial charge in [0.1, 0.15) is 0 Å². The van der Waals surface area contributed by atoms with Crippen molar-refractivity contribution in [3.05, 3.63) is 0 Å². The smallest absolute Gasteiger partial charge is 0.239 e. The molecule has 0 saturated heterocycles. The summed E-state index contributed by atoms with van der Waals surface area (Å²) in [7, 11) is 0. The van der Waals surface area contributed by atoms with Crippen molar-refractivity contribution >= 4 is 11.8 Å². The van der Waals surface area contributed by atoms with E-state index in [2.05, 4.69) is 38.3 Å². The maximum atomic E-state index is 12.7. The van der Waals surface area contributed by atoms with Crippen LogP contribution in [-0.4, -0.2) is 24.4 Å². The van der Waals surface area contributed by atoms with E-state index in [4.69, 9.17) is 0 Å². The molecule has 2 N–H and O–H groups in total. The van der Waals surface area contributed by atoms with Crippen LogP contribution in [-0.2, 0) is 9.59 Å². The van der Waals surface area contributed by atoms with Crippen molar-refractivity contribution in [1.82, 2.24) is 10.6 Å². The highest BCUT2D eigenvalue weighted by Gasteiger charge is 2.21. The molecule has 164 valence electrons. The molecule has 28 heavy (non-hydrogen) atoms. The van der Waals surface area contributed by atoms with Crippen molar-refractivity contribution in [2.75, 3.05) is 6.54 Å². The molecule has 0 aromatic carbocycles.